The lowest BCUT2D eigenvalue weighted by atomic mass is 10.2. The van der Waals surface area contributed by atoms with E-state index < -0.39 is 11.9 Å². The van der Waals surface area contributed by atoms with Gasteiger partial charge < -0.3 is 15.4 Å². The van der Waals surface area contributed by atoms with Gasteiger partial charge in [0.2, 0.25) is 11.9 Å². The van der Waals surface area contributed by atoms with Crippen molar-refractivity contribution in [3.05, 3.63) is 35.9 Å². The summed E-state index contributed by atoms with van der Waals surface area (Å²) in [5, 5.41) is 11.2. The molecule has 0 aliphatic carbocycles. The number of hydrogen-bond acceptors (Lipinski definition) is 7. The number of anilines is 1. The van der Waals surface area contributed by atoms with Crippen LogP contribution in [-0.4, -0.2) is 58.8 Å². The fraction of sp³-hybridized carbons (Fsp3) is 0.375. The van der Waals surface area contributed by atoms with Gasteiger partial charge in [0, 0.05) is 13.1 Å². The number of morpholine rings is 1. The Kier molecular flexibility index (Phi) is 6.08. The second kappa shape index (κ2) is 8.68. The lowest BCUT2D eigenvalue weighted by molar-refractivity contribution is -0.117. The summed E-state index contributed by atoms with van der Waals surface area (Å²) in [6, 6.07) is 9.09. The van der Waals surface area contributed by atoms with Gasteiger partial charge in [-0.25, -0.2) is 4.79 Å². The van der Waals surface area contributed by atoms with Crippen LogP contribution in [0.15, 0.2) is 35.5 Å². The number of carbonyl (C=O) groups is 2. The quantitative estimate of drug-likeness (QED) is 0.703. The van der Waals surface area contributed by atoms with E-state index in [9.17, 15) is 9.59 Å². The van der Waals surface area contributed by atoms with Crippen molar-refractivity contribution in [1.29, 1.82) is 0 Å². The van der Waals surface area contributed by atoms with Crippen LogP contribution in [0.5, 0.6) is 0 Å². The summed E-state index contributed by atoms with van der Waals surface area (Å²) < 4.78 is 7.38. The normalized spacial score (nSPS) is 14.2. The van der Waals surface area contributed by atoms with Crippen molar-refractivity contribution < 1.29 is 14.3 Å². The molecule has 1 aliphatic rings. The van der Waals surface area contributed by atoms with E-state index in [4.69, 9.17) is 10.5 Å². The molecule has 0 spiro atoms. The number of hydrogen-bond donors (Lipinski definition) is 2. The lowest BCUT2D eigenvalue weighted by Gasteiger charge is -2.28. The number of urea groups is 1. The zero-order valence-electron chi connectivity index (χ0n) is 14.1. The van der Waals surface area contributed by atoms with E-state index >= 15 is 0 Å². The molecule has 0 atom stereocenters. The molecule has 0 saturated carbocycles. The number of nitrogens with one attached hydrogen (secondary N) is 1. The number of nitrogens with two attached hydrogens (primary N) is 1. The second-order valence-electron chi connectivity index (χ2n) is 5.65. The maximum Gasteiger partial charge on any atom is 0.318 e. The Bertz CT molecular complexity index is 761. The first kappa shape index (κ1) is 18.2. The predicted octanol–water partition coefficient (Wildman–Crippen LogP) is 0.450. The van der Waals surface area contributed by atoms with E-state index in [1.165, 1.54) is 11.8 Å². The Hall–Kier alpha value is -2.59. The molecule has 3 rings (SSSR count). The number of carbonyl (C=O) groups excluding carboxylic acids is 2. The molecule has 3 N–H and O–H groups in total. The zero-order chi connectivity index (χ0) is 18.4. The highest BCUT2D eigenvalue weighted by Crippen LogP contribution is 2.24. The van der Waals surface area contributed by atoms with Gasteiger partial charge >= 0.3 is 6.03 Å². The Labute approximate surface area is 154 Å². The molecule has 1 aliphatic heterocycles. The zero-order valence-corrected chi connectivity index (χ0v) is 14.9. The van der Waals surface area contributed by atoms with Crippen molar-refractivity contribution in [1.82, 2.24) is 20.1 Å². The number of benzene rings is 1. The lowest BCUT2D eigenvalue weighted by Crippen LogP contribution is -2.38. The van der Waals surface area contributed by atoms with Crippen LogP contribution in [0.25, 0.3) is 0 Å². The van der Waals surface area contributed by atoms with Gasteiger partial charge in [0.25, 0.3) is 0 Å². The van der Waals surface area contributed by atoms with E-state index in [-0.39, 0.29) is 5.75 Å². The predicted molar refractivity (Wildman–Crippen MR) is 97.0 cm³/mol. The smallest absolute Gasteiger partial charge is 0.318 e. The fourth-order valence-corrected chi connectivity index (χ4v) is 3.33. The summed E-state index contributed by atoms with van der Waals surface area (Å²) in [5.74, 6) is 0.304. The van der Waals surface area contributed by atoms with Gasteiger partial charge in [0.1, 0.15) is 0 Å². The SMILES string of the molecule is NC(=O)NC(=O)CSc1nnc(N2CCOCC2)n1Cc1ccccc1. The maximum atomic E-state index is 11.7. The molecule has 2 heterocycles. The van der Waals surface area contributed by atoms with E-state index in [1.54, 1.807) is 0 Å². The third-order valence-corrected chi connectivity index (χ3v) is 4.74. The molecule has 2 aromatic rings. The number of primary amides is 1. The molecule has 1 saturated heterocycles. The van der Waals surface area contributed by atoms with Gasteiger partial charge in [-0.3, -0.25) is 14.7 Å². The summed E-state index contributed by atoms with van der Waals surface area (Å²) in [4.78, 5) is 24.6. The van der Waals surface area contributed by atoms with Gasteiger partial charge in [-0.15, -0.1) is 10.2 Å². The van der Waals surface area contributed by atoms with Crippen LogP contribution in [0, 0.1) is 0 Å². The topological polar surface area (TPSA) is 115 Å². The van der Waals surface area contributed by atoms with Crippen molar-refractivity contribution >= 4 is 29.6 Å². The Morgan fingerprint density at radius 2 is 1.92 bits per heavy atom. The Morgan fingerprint density at radius 1 is 1.19 bits per heavy atom. The van der Waals surface area contributed by atoms with Crippen molar-refractivity contribution in [2.24, 2.45) is 5.73 Å². The fourth-order valence-electron chi connectivity index (χ4n) is 2.59. The van der Waals surface area contributed by atoms with E-state index in [1.807, 2.05) is 40.2 Å². The van der Waals surface area contributed by atoms with Gasteiger partial charge in [0.05, 0.1) is 25.5 Å². The summed E-state index contributed by atoms with van der Waals surface area (Å²) in [7, 11) is 0. The monoisotopic (exact) mass is 376 g/mol. The molecular formula is C16H20N6O3S. The van der Waals surface area contributed by atoms with Crippen molar-refractivity contribution in [3.8, 4) is 0 Å². The molecule has 0 radical (unpaired) electrons. The van der Waals surface area contributed by atoms with Crippen LogP contribution in [-0.2, 0) is 16.1 Å². The summed E-state index contributed by atoms with van der Waals surface area (Å²) in [5.41, 5.74) is 6.07. The Morgan fingerprint density at radius 3 is 2.62 bits per heavy atom. The average Bonchev–Trinajstić information content (AvgIpc) is 3.03. The maximum absolute atomic E-state index is 11.7. The van der Waals surface area contributed by atoms with Crippen LogP contribution in [0.4, 0.5) is 10.7 Å². The molecule has 0 bridgehead atoms. The number of imide groups is 1. The van der Waals surface area contributed by atoms with Crippen LogP contribution in [0.1, 0.15) is 5.56 Å². The van der Waals surface area contributed by atoms with Gasteiger partial charge in [0.15, 0.2) is 5.16 Å². The van der Waals surface area contributed by atoms with Crippen LogP contribution < -0.4 is 16.0 Å². The number of amides is 3. The molecule has 26 heavy (non-hydrogen) atoms. The van der Waals surface area contributed by atoms with Gasteiger partial charge in [-0.1, -0.05) is 42.1 Å². The summed E-state index contributed by atoms with van der Waals surface area (Å²) in [6.07, 6.45) is 0. The summed E-state index contributed by atoms with van der Waals surface area (Å²) in [6.45, 7) is 3.34. The minimum atomic E-state index is -0.865. The molecule has 1 aromatic heterocycles. The highest BCUT2D eigenvalue weighted by Gasteiger charge is 2.21. The molecule has 0 unspecified atom stereocenters. The number of nitrogens with zero attached hydrogens (tertiary/aromatic N) is 4. The Balaban J connectivity index is 1.79. The molecule has 138 valence electrons. The van der Waals surface area contributed by atoms with E-state index in [0.717, 1.165) is 24.6 Å². The second-order valence-corrected chi connectivity index (χ2v) is 6.60. The molecule has 9 nitrogen and oxygen atoms in total. The first-order chi connectivity index (χ1) is 12.6. The van der Waals surface area contributed by atoms with Gasteiger partial charge in [-0.05, 0) is 5.56 Å². The number of ether oxygens (including phenoxy) is 1. The van der Waals surface area contributed by atoms with E-state index in [0.29, 0.717) is 24.9 Å². The van der Waals surface area contributed by atoms with Crippen LogP contribution in [0.3, 0.4) is 0 Å². The molecular weight excluding hydrogens is 356 g/mol. The first-order valence-corrected chi connectivity index (χ1v) is 9.14. The molecule has 10 heteroatoms. The third kappa shape index (κ3) is 4.73. The van der Waals surface area contributed by atoms with Crippen LogP contribution >= 0.6 is 11.8 Å². The number of aromatic nitrogens is 3. The minimum Gasteiger partial charge on any atom is -0.378 e. The van der Waals surface area contributed by atoms with Gasteiger partial charge in [-0.2, -0.15) is 0 Å². The minimum absolute atomic E-state index is 0.0268. The van der Waals surface area contributed by atoms with E-state index in [2.05, 4.69) is 15.1 Å². The third-order valence-electron chi connectivity index (χ3n) is 3.77. The molecule has 1 fully saturated rings. The highest BCUT2D eigenvalue weighted by molar-refractivity contribution is 7.99. The molecule has 3 amide bonds. The van der Waals surface area contributed by atoms with Crippen LogP contribution in [0.2, 0.25) is 0 Å². The van der Waals surface area contributed by atoms with Crippen molar-refractivity contribution in [3.63, 3.8) is 0 Å². The number of thioether (sulfide) groups is 1. The number of rotatable bonds is 6. The summed E-state index contributed by atoms with van der Waals surface area (Å²) >= 11 is 1.21. The largest absolute Gasteiger partial charge is 0.378 e. The van der Waals surface area contributed by atoms with Crippen molar-refractivity contribution in [2.75, 3.05) is 37.0 Å². The molecule has 1 aromatic carbocycles. The first-order valence-electron chi connectivity index (χ1n) is 8.15. The highest BCUT2D eigenvalue weighted by atomic mass is 32.2. The standard InChI is InChI=1S/C16H20N6O3S/c17-14(24)18-13(23)11-26-16-20-19-15(21-6-8-25-9-7-21)22(16)10-12-4-2-1-3-5-12/h1-5H,6-11H2,(H3,17,18,23,24). The average molecular weight is 376 g/mol. The van der Waals surface area contributed by atoms with Crippen molar-refractivity contribution in [2.45, 2.75) is 11.7 Å².